The van der Waals surface area contributed by atoms with Crippen molar-refractivity contribution in [2.24, 2.45) is 0 Å². The predicted molar refractivity (Wildman–Crippen MR) is 225 cm³/mol. The maximum absolute atomic E-state index is 2.44. The molecule has 1 aromatic heterocycles. The maximum atomic E-state index is 2.44. The maximum Gasteiger partial charge on any atom is 0.0546 e. The van der Waals surface area contributed by atoms with E-state index < -0.39 is 0 Å². The molecule has 1 heterocycles. The number of nitrogens with zero attached hydrogens (tertiary/aromatic N) is 1. The van der Waals surface area contributed by atoms with Crippen molar-refractivity contribution in [1.29, 1.82) is 0 Å². The van der Waals surface area contributed by atoms with Gasteiger partial charge in [-0.05, 0) is 79.9 Å². The van der Waals surface area contributed by atoms with Gasteiger partial charge in [0.15, 0.2) is 0 Å². The highest BCUT2D eigenvalue weighted by molar-refractivity contribution is 7.26. The first kappa shape index (κ1) is 30.4. The zero-order valence-electron chi connectivity index (χ0n) is 28.4. The van der Waals surface area contributed by atoms with E-state index >= 15 is 0 Å². The first-order chi connectivity index (χ1) is 25.8. The fraction of sp³-hybridized carbons (Fsp3) is 0. The standard InChI is InChI=1S/C50H33NS/c1-3-14-34(15-4-1)35-28-30-39(31-29-35)51(48-33-38-18-7-8-21-41(38)44-22-9-10-23-45(44)48)40-20-11-19-37(32-40)43-25-13-27-47-46-26-12-24-42(49(46)52-50(43)47)36-16-5-2-6-17-36/h1-33H. The van der Waals surface area contributed by atoms with Crippen LogP contribution < -0.4 is 4.90 Å². The van der Waals surface area contributed by atoms with E-state index in [1.54, 1.807) is 0 Å². The molecule has 0 N–H and O–H groups in total. The van der Waals surface area contributed by atoms with E-state index in [2.05, 4.69) is 205 Å². The average Bonchev–Trinajstić information content (AvgIpc) is 3.61. The molecule has 0 unspecified atom stereocenters. The Bertz CT molecular complexity index is 2890. The van der Waals surface area contributed by atoms with Crippen LogP contribution in [0.4, 0.5) is 17.1 Å². The highest BCUT2D eigenvalue weighted by Crippen LogP contribution is 2.46. The Morgan fingerprint density at radius 3 is 1.54 bits per heavy atom. The fourth-order valence-electron chi connectivity index (χ4n) is 7.79. The first-order valence-electron chi connectivity index (χ1n) is 17.8. The summed E-state index contributed by atoms with van der Waals surface area (Å²) in [7, 11) is 0. The van der Waals surface area contributed by atoms with Crippen molar-refractivity contribution in [2.45, 2.75) is 0 Å². The lowest BCUT2D eigenvalue weighted by Gasteiger charge is -2.28. The molecule has 0 fully saturated rings. The number of thiophene rings is 1. The molecule has 0 saturated carbocycles. The van der Waals surface area contributed by atoms with Crippen molar-refractivity contribution in [3.8, 4) is 33.4 Å². The number of rotatable bonds is 6. The van der Waals surface area contributed by atoms with Crippen LogP contribution in [0.2, 0.25) is 0 Å². The highest BCUT2D eigenvalue weighted by atomic mass is 32.1. The van der Waals surface area contributed by atoms with Crippen LogP contribution in [0.1, 0.15) is 0 Å². The normalized spacial score (nSPS) is 11.5. The molecule has 2 heteroatoms. The van der Waals surface area contributed by atoms with Crippen molar-refractivity contribution in [1.82, 2.24) is 0 Å². The lowest BCUT2D eigenvalue weighted by Crippen LogP contribution is -2.10. The van der Waals surface area contributed by atoms with E-state index in [0.29, 0.717) is 0 Å². The molecular weight excluding hydrogens is 647 g/mol. The van der Waals surface area contributed by atoms with Gasteiger partial charge < -0.3 is 4.90 Å². The Hall–Kier alpha value is -6.48. The number of anilines is 3. The molecule has 52 heavy (non-hydrogen) atoms. The van der Waals surface area contributed by atoms with Gasteiger partial charge in [0.25, 0.3) is 0 Å². The Labute approximate surface area is 307 Å². The molecule has 244 valence electrons. The molecule has 0 aliphatic heterocycles. The van der Waals surface area contributed by atoms with E-state index in [0.717, 1.165) is 17.1 Å². The Morgan fingerprint density at radius 1 is 0.308 bits per heavy atom. The second-order valence-corrected chi connectivity index (χ2v) is 14.3. The largest absolute Gasteiger partial charge is 0.310 e. The van der Waals surface area contributed by atoms with Crippen molar-refractivity contribution in [3.63, 3.8) is 0 Å². The SMILES string of the molecule is c1ccc(-c2ccc(N(c3cccc(-c4cccc5c4sc4c(-c6ccccc6)cccc45)c3)c3cc4ccccc4c4ccccc34)cc2)cc1. The van der Waals surface area contributed by atoms with E-state index in [1.165, 1.54) is 75.1 Å². The molecule has 0 aliphatic carbocycles. The van der Waals surface area contributed by atoms with Crippen LogP contribution in [-0.4, -0.2) is 0 Å². The van der Waals surface area contributed by atoms with Crippen molar-refractivity contribution in [3.05, 3.63) is 200 Å². The van der Waals surface area contributed by atoms with Crippen LogP contribution in [0.25, 0.3) is 75.1 Å². The second-order valence-electron chi connectivity index (χ2n) is 13.3. The Balaban J connectivity index is 1.17. The van der Waals surface area contributed by atoms with Gasteiger partial charge in [0, 0.05) is 36.9 Å². The molecule has 0 spiro atoms. The Kier molecular flexibility index (Phi) is 7.41. The summed E-state index contributed by atoms with van der Waals surface area (Å²) in [5.41, 5.74) is 10.8. The van der Waals surface area contributed by atoms with Crippen LogP contribution in [0.5, 0.6) is 0 Å². The lowest BCUT2D eigenvalue weighted by atomic mass is 9.97. The molecule has 1 nitrogen and oxygen atoms in total. The van der Waals surface area contributed by atoms with Crippen LogP contribution in [0, 0.1) is 0 Å². The third-order valence-electron chi connectivity index (χ3n) is 10.2. The third kappa shape index (κ3) is 5.16. The first-order valence-corrected chi connectivity index (χ1v) is 18.6. The molecule has 10 rings (SSSR count). The van der Waals surface area contributed by atoms with Gasteiger partial charge in [-0.25, -0.2) is 0 Å². The quantitative estimate of drug-likeness (QED) is 0.158. The third-order valence-corrected chi connectivity index (χ3v) is 11.5. The lowest BCUT2D eigenvalue weighted by molar-refractivity contribution is 1.30. The van der Waals surface area contributed by atoms with E-state index in [-0.39, 0.29) is 0 Å². The molecule has 0 saturated heterocycles. The van der Waals surface area contributed by atoms with Gasteiger partial charge in [0.2, 0.25) is 0 Å². The fourth-order valence-corrected chi connectivity index (χ4v) is 9.16. The van der Waals surface area contributed by atoms with Gasteiger partial charge >= 0.3 is 0 Å². The molecule has 0 aliphatic rings. The molecule has 0 bridgehead atoms. The van der Waals surface area contributed by atoms with Gasteiger partial charge in [-0.2, -0.15) is 0 Å². The van der Waals surface area contributed by atoms with Crippen molar-refractivity contribution < 1.29 is 0 Å². The van der Waals surface area contributed by atoms with E-state index in [4.69, 9.17) is 0 Å². The number of benzene rings is 9. The predicted octanol–water partition coefficient (Wildman–Crippen LogP) is 14.8. The summed E-state index contributed by atoms with van der Waals surface area (Å²) in [5, 5.41) is 7.57. The molecule has 0 atom stereocenters. The summed E-state index contributed by atoms with van der Waals surface area (Å²) < 4.78 is 2.64. The minimum atomic E-state index is 1.12. The smallest absolute Gasteiger partial charge is 0.0546 e. The van der Waals surface area contributed by atoms with Crippen molar-refractivity contribution in [2.75, 3.05) is 4.90 Å². The summed E-state index contributed by atoms with van der Waals surface area (Å²) in [5.74, 6) is 0. The van der Waals surface area contributed by atoms with Crippen molar-refractivity contribution >= 4 is 70.1 Å². The minimum absolute atomic E-state index is 1.12. The number of hydrogen-bond donors (Lipinski definition) is 0. The molecule has 10 aromatic rings. The summed E-state index contributed by atoms with van der Waals surface area (Å²) >= 11 is 1.90. The van der Waals surface area contributed by atoms with Crippen LogP contribution in [0.15, 0.2) is 200 Å². The van der Waals surface area contributed by atoms with E-state index in [9.17, 15) is 0 Å². The van der Waals surface area contributed by atoms with Gasteiger partial charge in [0.05, 0.1) is 5.69 Å². The topological polar surface area (TPSA) is 3.24 Å². The summed E-state index contributed by atoms with van der Waals surface area (Å²) in [6, 6.07) is 72.8. The van der Waals surface area contributed by atoms with Crippen LogP contribution in [-0.2, 0) is 0 Å². The Morgan fingerprint density at radius 2 is 0.827 bits per heavy atom. The van der Waals surface area contributed by atoms with Gasteiger partial charge in [0.1, 0.15) is 0 Å². The number of hydrogen-bond acceptors (Lipinski definition) is 2. The summed E-state index contributed by atoms with van der Waals surface area (Å²) in [4.78, 5) is 2.44. The van der Waals surface area contributed by atoms with Crippen LogP contribution >= 0.6 is 11.3 Å². The number of fused-ring (bicyclic) bond motifs is 6. The van der Waals surface area contributed by atoms with Crippen LogP contribution in [0.3, 0.4) is 0 Å². The zero-order valence-corrected chi connectivity index (χ0v) is 29.2. The molecule has 9 aromatic carbocycles. The summed E-state index contributed by atoms with van der Waals surface area (Å²) in [6.07, 6.45) is 0. The van der Waals surface area contributed by atoms with Gasteiger partial charge in [-0.3, -0.25) is 0 Å². The highest BCUT2D eigenvalue weighted by Gasteiger charge is 2.19. The van der Waals surface area contributed by atoms with Gasteiger partial charge in [-0.15, -0.1) is 11.3 Å². The van der Waals surface area contributed by atoms with E-state index in [1.807, 2.05) is 11.3 Å². The summed E-state index contributed by atoms with van der Waals surface area (Å²) in [6.45, 7) is 0. The monoisotopic (exact) mass is 679 g/mol. The minimum Gasteiger partial charge on any atom is -0.310 e. The molecule has 0 amide bonds. The second kappa shape index (κ2) is 12.7. The zero-order chi connectivity index (χ0) is 34.4. The molecular formula is C50H33NS. The molecule has 0 radical (unpaired) electrons. The van der Waals surface area contributed by atoms with Gasteiger partial charge in [-0.1, -0.05) is 170 Å². The average molecular weight is 680 g/mol.